The maximum Gasteiger partial charge on any atom is 0.326 e. The molecule has 0 saturated carbocycles. The average molecular weight is 486 g/mol. The van der Waals surface area contributed by atoms with E-state index in [-0.39, 0.29) is 31.5 Å². The van der Waals surface area contributed by atoms with E-state index in [4.69, 9.17) is 20.6 Å². The average Bonchev–Trinajstić information content (AvgIpc) is 3.21. The van der Waals surface area contributed by atoms with Crippen molar-refractivity contribution in [2.24, 2.45) is 12.8 Å². The number of nitrogens with one attached hydrogen (secondary N) is 1. The first-order chi connectivity index (χ1) is 17.4. The number of carbonyl (C=O) groups excluding carboxylic acids is 2. The summed E-state index contributed by atoms with van der Waals surface area (Å²) in [6, 6.07) is 21.2. The summed E-state index contributed by atoms with van der Waals surface area (Å²) in [6.07, 6.45) is 0. The third-order valence-corrected chi connectivity index (χ3v) is 5.66. The smallest absolute Gasteiger partial charge is 0.326 e. The summed E-state index contributed by atoms with van der Waals surface area (Å²) in [4.78, 5) is 31.7. The van der Waals surface area contributed by atoms with Crippen molar-refractivity contribution in [3.05, 3.63) is 89.7 Å². The van der Waals surface area contributed by atoms with Crippen molar-refractivity contribution in [1.29, 1.82) is 5.41 Å². The Morgan fingerprint density at radius 1 is 1.03 bits per heavy atom. The lowest BCUT2D eigenvalue weighted by Crippen LogP contribution is -2.36. The Labute approximate surface area is 208 Å². The minimum atomic E-state index is -0.482. The molecular weight excluding hydrogens is 458 g/mol. The van der Waals surface area contributed by atoms with Gasteiger partial charge in [0, 0.05) is 23.9 Å². The molecule has 3 aromatic carbocycles. The molecule has 0 radical (unpaired) electrons. The number of hydrogen-bond donors (Lipinski definition) is 2. The number of aromatic nitrogens is 2. The van der Waals surface area contributed by atoms with Gasteiger partial charge in [-0.2, -0.15) is 0 Å². The van der Waals surface area contributed by atoms with Crippen LogP contribution in [0.3, 0.4) is 0 Å². The van der Waals surface area contributed by atoms with E-state index in [0.717, 1.165) is 5.52 Å². The maximum absolute atomic E-state index is 13.4. The number of para-hydroxylation sites is 1. The van der Waals surface area contributed by atoms with E-state index in [2.05, 4.69) is 4.98 Å². The molecule has 0 spiro atoms. The zero-order valence-electron chi connectivity index (χ0n) is 20.1. The second-order valence-electron chi connectivity index (χ2n) is 8.05. The molecule has 1 aromatic heterocycles. The molecule has 0 fully saturated rings. The van der Waals surface area contributed by atoms with Crippen molar-refractivity contribution in [3.63, 3.8) is 0 Å². The van der Waals surface area contributed by atoms with Crippen LogP contribution in [0.25, 0.3) is 11.0 Å². The van der Waals surface area contributed by atoms with Crippen molar-refractivity contribution in [2.45, 2.75) is 13.5 Å². The summed E-state index contributed by atoms with van der Waals surface area (Å²) >= 11 is 0. The fourth-order valence-electron chi connectivity index (χ4n) is 3.77. The van der Waals surface area contributed by atoms with E-state index in [9.17, 15) is 9.59 Å². The minimum absolute atomic E-state index is 0.00432. The van der Waals surface area contributed by atoms with Crippen LogP contribution in [-0.4, -0.2) is 40.4 Å². The van der Waals surface area contributed by atoms with Gasteiger partial charge in [0.25, 0.3) is 5.91 Å². The fourth-order valence-corrected chi connectivity index (χ4v) is 3.77. The van der Waals surface area contributed by atoms with Crippen molar-refractivity contribution in [2.75, 3.05) is 18.1 Å². The molecule has 0 aliphatic rings. The molecule has 4 aromatic rings. The molecule has 1 amide bonds. The van der Waals surface area contributed by atoms with Gasteiger partial charge in [-0.15, -0.1) is 0 Å². The highest BCUT2D eigenvalue weighted by atomic mass is 16.5. The Kier molecular flexibility index (Phi) is 7.29. The Bertz CT molecular complexity index is 1400. The number of amidine groups is 1. The Morgan fingerprint density at radius 3 is 2.39 bits per heavy atom. The number of fused-ring (bicyclic) bond motifs is 1. The van der Waals surface area contributed by atoms with Crippen LogP contribution < -0.4 is 15.4 Å². The highest BCUT2D eigenvalue weighted by Crippen LogP contribution is 2.22. The number of anilines is 1. The van der Waals surface area contributed by atoms with Crippen LogP contribution in [0.1, 0.15) is 28.7 Å². The van der Waals surface area contributed by atoms with E-state index < -0.39 is 5.97 Å². The summed E-state index contributed by atoms with van der Waals surface area (Å²) < 4.78 is 12.8. The SMILES string of the molecule is CCOC(=O)CN(C(=O)c1ccc2c(c1)nc(COc1ccc(C(=N)N)cc1)n2C)c1ccccc1. The summed E-state index contributed by atoms with van der Waals surface area (Å²) in [5, 5.41) is 7.48. The molecule has 0 bridgehead atoms. The lowest BCUT2D eigenvalue weighted by Gasteiger charge is -2.22. The quantitative estimate of drug-likeness (QED) is 0.212. The minimum Gasteiger partial charge on any atom is -0.486 e. The van der Waals surface area contributed by atoms with Gasteiger partial charge in [0.1, 0.15) is 30.6 Å². The number of imidazole rings is 1. The largest absolute Gasteiger partial charge is 0.486 e. The number of carbonyl (C=O) groups is 2. The predicted octanol–water partition coefficient (Wildman–Crippen LogP) is 3.65. The van der Waals surface area contributed by atoms with Gasteiger partial charge in [-0.3, -0.25) is 19.9 Å². The molecule has 0 unspecified atom stereocenters. The molecule has 0 saturated heterocycles. The van der Waals surface area contributed by atoms with Crippen molar-refractivity contribution < 1.29 is 19.1 Å². The molecule has 0 aliphatic carbocycles. The Hall–Kier alpha value is -4.66. The van der Waals surface area contributed by atoms with Gasteiger partial charge in [-0.25, -0.2) is 4.98 Å². The van der Waals surface area contributed by atoms with Gasteiger partial charge < -0.3 is 19.8 Å². The van der Waals surface area contributed by atoms with Crippen LogP contribution in [0.2, 0.25) is 0 Å². The number of nitrogens with two attached hydrogens (primary N) is 1. The molecule has 9 heteroatoms. The van der Waals surface area contributed by atoms with Crippen LogP contribution in [-0.2, 0) is 23.2 Å². The van der Waals surface area contributed by atoms with Crippen molar-refractivity contribution >= 4 is 34.4 Å². The standard InChI is InChI=1S/C27H27N5O4/c1-3-35-25(33)16-32(20-7-5-4-6-8-20)27(34)19-11-14-23-22(15-19)30-24(31(23)2)17-36-21-12-9-18(10-13-21)26(28)29/h4-15H,3,16-17H2,1-2H3,(H3,28,29). The lowest BCUT2D eigenvalue weighted by atomic mass is 10.1. The van der Waals surface area contributed by atoms with Crippen molar-refractivity contribution in [3.8, 4) is 5.75 Å². The second kappa shape index (κ2) is 10.7. The first-order valence-electron chi connectivity index (χ1n) is 11.4. The molecule has 1 heterocycles. The van der Waals surface area contributed by atoms with Gasteiger partial charge in [0.2, 0.25) is 0 Å². The molecule has 4 rings (SSSR count). The first kappa shape index (κ1) is 24.5. The summed E-state index contributed by atoms with van der Waals surface area (Å²) in [5.74, 6) is 0.488. The van der Waals surface area contributed by atoms with Crippen LogP contribution in [0.15, 0.2) is 72.8 Å². The zero-order valence-corrected chi connectivity index (χ0v) is 20.1. The second-order valence-corrected chi connectivity index (χ2v) is 8.05. The Morgan fingerprint density at radius 2 is 1.72 bits per heavy atom. The molecule has 36 heavy (non-hydrogen) atoms. The fraction of sp³-hybridized carbons (Fsp3) is 0.185. The van der Waals surface area contributed by atoms with E-state index in [1.807, 2.05) is 35.9 Å². The maximum atomic E-state index is 13.4. The summed E-state index contributed by atoms with van der Waals surface area (Å²) in [5.41, 5.74) is 8.59. The summed E-state index contributed by atoms with van der Waals surface area (Å²) in [7, 11) is 1.88. The van der Waals surface area contributed by atoms with Gasteiger partial charge >= 0.3 is 5.97 Å². The molecule has 3 N–H and O–H groups in total. The van der Waals surface area contributed by atoms with Crippen molar-refractivity contribution in [1.82, 2.24) is 9.55 Å². The third kappa shape index (κ3) is 5.35. The molecule has 184 valence electrons. The topological polar surface area (TPSA) is 124 Å². The van der Waals surface area contributed by atoms with Crippen LogP contribution in [0.5, 0.6) is 5.75 Å². The number of hydrogen-bond acceptors (Lipinski definition) is 6. The number of esters is 1. The number of amides is 1. The lowest BCUT2D eigenvalue weighted by molar-refractivity contribution is -0.141. The predicted molar refractivity (Wildman–Crippen MR) is 137 cm³/mol. The Balaban J connectivity index is 1.56. The van der Waals surface area contributed by atoms with Gasteiger partial charge in [-0.1, -0.05) is 18.2 Å². The first-order valence-corrected chi connectivity index (χ1v) is 11.4. The summed E-state index contributed by atoms with van der Waals surface area (Å²) in [6.45, 7) is 1.98. The van der Waals surface area contributed by atoms with E-state index >= 15 is 0 Å². The van der Waals surface area contributed by atoms with E-state index in [0.29, 0.717) is 33.9 Å². The molecule has 0 aliphatic heterocycles. The molecular formula is C27H27N5O4. The van der Waals surface area contributed by atoms with Crippen LogP contribution in [0, 0.1) is 5.41 Å². The zero-order chi connectivity index (χ0) is 25.7. The van der Waals surface area contributed by atoms with E-state index in [1.54, 1.807) is 55.5 Å². The third-order valence-electron chi connectivity index (χ3n) is 5.66. The van der Waals surface area contributed by atoms with Gasteiger partial charge in [0.15, 0.2) is 0 Å². The molecule has 0 atom stereocenters. The van der Waals surface area contributed by atoms with E-state index in [1.165, 1.54) is 4.90 Å². The highest BCUT2D eigenvalue weighted by molar-refractivity contribution is 6.09. The monoisotopic (exact) mass is 485 g/mol. The number of rotatable bonds is 9. The highest BCUT2D eigenvalue weighted by Gasteiger charge is 2.22. The van der Waals surface area contributed by atoms with Crippen LogP contribution in [0.4, 0.5) is 5.69 Å². The molecule has 9 nitrogen and oxygen atoms in total. The normalized spacial score (nSPS) is 10.7. The number of nitrogens with zero attached hydrogens (tertiary/aromatic N) is 3. The number of benzene rings is 3. The van der Waals surface area contributed by atoms with Gasteiger partial charge in [0.05, 0.1) is 17.6 Å². The van der Waals surface area contributed by atoms with Gasteiger partial charge in [-0.05, 0) is 61.5 Å². The van der Waals surface area contributed by atoms with Crippen LogP contribution >= 0.6 is 0 Å². The number of ether oxygens (including phenoxy) is 2. The number of nitrogen functional groups attached to an aromatic ring is 1. The number of aryl methyl sites for hydroxylation is 1.